The van der Waals surface area contributed by atoms with E-state index in [9.17, 15) is 9.18 Å². The van der Waals surface area contributed by atoms with E-state index in [2.05, 4.69) is 10.6 Å². The van der Waals surface area contributed by atoms with Gasteiger partial charge in [-0.2, -0.15) is 0 Å². The molecule has 0 aliphatic heterocycles. The minimum absolute atomic E-state index is 0.0700. The Morgan fingerprint density at radius 2 is 2.05 bits per heavy atom. The highest BCUT2D eigenvalue weighted by Crippen LogP contribution is 2.19. The zero-order valence-electron chi connectivity index (χ0n) is 12.5. The summed E-state index contributed by atoms with van der Waals surface area (Å²) in [6.07, 6.45) is 0. The van der Waals surface area contributed by atoms with Crippen LogP contribution in [0.15, 0.2) is 18.2 Å². The number of ether oxygens (including phenoxy) is 1. The van der Waals surface area contributed by atoms with Gasteiger partial charge < -0.3 is 15.4 Å². The van der Waals surface area contributed by atoms with E-state index in [1.807, 2.05) is 20.8 Å². The van der Waals surface area contributed by atoms with Gasteiger partial charge in [-0.05, 0) is 38.1 Å². The van der Waals surface area contributed by atoms with E-state index in [4.69, 9.17) is 4.74 Å². The summed E-state index contributed by atoms with van der Waals surface area (Å²) in [4.78, 5) is 11.7. The minimum atomic E-state index is -0.319. The fraction of sp³-hybridized carbons (Fsp3) is 0.533. The molecule has 0 heterocycles. The molecule has 0 fully saturated rings. The Morgan fingerprint density at radius 3 is 2.65 bits per heavy atom. The van der Waals surface area contributed by atoms with Gasteiger partial charge in [0, 0.05) is 18.2 Å². The van der Waals surface area contributed by atoms with Crippen molar-refractivity contribution in [2.24, 2.45) is 5.92 Å². The van der Waals surface area contributed by atoms with Crippen molar-refractivity contribution in [1.82, 2.24) is 10.6 Å². The number of nitrogens with one attached hydrogen (secondary N) is 2. The lowest BCUT2D eigenvalue weighted by Gasteiger charge is -2.18. The number of hydrogen-bond donors (Lipinski definition) is 2. The SMILES string of the molecule is CNCc1cc(F)ccc1OCC(=O)NC(C)C(C)C. The lowest BCUT2D eigenvalue weighted by Crippen LogP contribution is -2.39. The maximum Gasteiger partial charge on any atom is 0.258 e. The zero-order valence-corrected chi connectivity index (χ0v) is 12.5. The first-order valence-electron chi connectivity index (χ1n) is 6.79. The Hall–Kier alpha value is -1.62. The second-order valence-corrected chi connectivity index (χ2v) is 5.17. The number of halogens is 1. The maximum atomic E-state index is 13.2. The molecule has 1 aromatic carbocycles. The third kappa shape index (κ3) is 5.17. The first-order chi connectivity index (χ1) is 9.43. The molecule has 0 radical (unpaired) electrons. The lowest BCUT2D eigenvalue weighted by molar-refractivity contribution is -0.124. The molecular formula is C15H23FN2O2. The van der Waals surface area contributed by atoms with Crippen LogP contribution in [0.5, 0.6) is 5.75 Å². The molecule has 4 nitrogen and oxygen atoms in total. The van der Waals surface area contributed by atoms with Crippen molar-refractivity contribution in [1.29, 1.82) is 0 Å². The van der Waals surface area contributed by atoms with Gasteiger partial charge >= 0.3 is 0 Å². The Balaban J connectivity index is 2.59. The van der Waals surface area contributed by atoms with Crippen LogP contribution in [0.4, 0.5) is 4.39 Å². The summed E-state index contributed by atoms with van der Waals surface area (Å²) in [5.74, 6) is 0.393. The molecule has 0 aliphatic rings. The fourth-order valence-corrected chi connectivity index (χ4v) is 1.62. The normalized spacial score (nSPS) is 12.3. The smallest absolute Gasteiger partial charge is 0.258 e. The van der Waals surface area contributed by atoms with Gasteiger partial charge in [0.05, 0.1) is 0 Å². The van der Waals surface area contributed by atoms with Crippen molar-refractivity contribution in [3.8, 4) is 5.75 Å². The molecular weight excluding hydrogens is 259 g/mol. The van der Waals surface area contributed by atoms with Crippen LogP contribution in [-0.2, 0) is 11.3 Å². The van der Waals surface area contributed by atoms with Gasteiger partial charge in [0.15, 0.2) is 6.61 Å². The minimum Gasteiger partial charge on any atom is -0.483 e. The van der Waals surface area contributed by atoms with Crippen LogP contribution in [0.1, 0.15) is 26.3 Å². The molecule has 1 rings (SSSR count). The average molecular weight is 282 g/mol. The van der Waals surface area contributed by atoms with Crippen molar-refractivity contribution in [2.75, 3.05) is 13.7 Å². The van der Waals surface area contributed by atoms with E-state index in [1.54, 1.807) is 13.1 Å². The predicted molar refractivity (Wildman–Crippen MR) is 77.1 cm³/mol. The largest absolute Gasteiger partial charge is 0.483 e. The third-order valence-corrected chi connectivity index (χ3v) is 3.14. The molecule has 1 aromatic rings. The molecule has 0 saturated heterocycles. The first-order valence-corrected chi connectivity index (χ1v) is 6.79. The molecule has 0 saturated carbocycles. The van der Waals surface area contributed by atoms with Crippen molar-refractivity contribution >= 4 is 5.91 Å². The van der Waals surface area contributed by atoms with Crippen molar-refractivity contribution in [3.63, 3.8) is 0 Å². The Kier molecular flexibility index (Phi) is 6.45. The standard InChI is InChI=1S/C15H23FN2O2/c1-10(2)11(3)18-15(19)9-20-14-6-5-13(16)7-12(14)8-17-4/h5-7,10-11,17H,8-9H2,1-4H3,(H,18,19). The van der Waals surface area contributed by atoms with Crippen LogP contribution in [0, 0.1) is 11.7 Å². The highest BCUT2D eigenvalue weighted by atomic mass is 19.1. The van der Waals surface area contributed by atoms with Crippen LogP contribution in [0.3, 0.4) is 0 Å². The molecule has 1 atom stereocenters. The van der Waals surface area contributed by atoms with Gasteiger partial charge in [0.2, 0.25) is 0 Å². The molecule has 0 spiro atoms. The third-order valence-electron chi connectivity index (χ3n) is 3.14. The molecule has 20 heavy (non-hydrogen) atoms. The Labute approximate surface area is 119 Å². The molecule has 112 valence electrons. The topological polar surface area (TPSA) is 50.4 Å². The maximum absolute atomic E-state index is 13.2. The molecule has 1 unspecified atom stereocenters. The van der Waals surface area contributed by atoms with Gasteiger partial charge in [-0.1, -0.05) is 13.8 Å². The number of hydrogen-bond acceptors (Lipinski definition) is 3. The van der Waals surface area contributed by atoms with E-state index in [1.165, 1.54) is 12.1 Å². The highest BCUT2D eigenvalue weighted by Gasteiger charge is 2.12. The number of amides is 1. The molecule has 2 N–H and O–H groups in total. The highest BCUT2D eigenvalue weighted by molar-refractivity contribution is 5.77. The second kappa shape index (κ2) is 7.85. The van der Waals surface area contributed by atoms with E-state index >= 15 is 0 Å². The number of carbonyl (C=O) groups is 1. The van der Waals surface area contributed by atoms with Crippen LogP contribution >= 0.6 is 0 Å². The van der Waals surface area contributed by atoms with Crippen LogP contribution in [0.2, 0.25) is 0 Å². The number of carbonyl (C=O) groups excluding carboxylic acids is 1. The summed E-state index contributed by atoms with van der Waals surface area (Å²) in [6.45, 7) is 6.44. The molecule has 5 heteroatoms. The van der Waals surface area contributed by atoms with Crippen molar-refractivity contribution in [2.45, 2.75) is 33.4 Å². The van der Waals surface area contributed by atoms with Crippen LogP contribution in [-0.4, -0.2) is 25.6 Å². The van der Waals surface area contributed by atoms with E-state index in [0.29, 0.717) is 23.8 Å². The van der Waals surface area contributed by atoms with E-state index in [0.717, 1.165) is 0 Å². The second-order valence-electron chi connectivity index (χ2n) is 5.17. The van der Waals surface area contributed by atoms with Gasteiger partial charge in [0.25, 0.3) is 5.91 Å². The summed E-state index contributed by atoms with van der Waals surface area (Å²) < 4.78 is 18.6. The molecule has 0 aliphatic carbocycles. The monoisotopic (exact) mass is 282 g/mol. The van der Waals surface area contributed by atoms with E-state index in [-0.39, 0.29) is 24.4 Å². The fourth-order valence-electron chi connectivity index (χ4n) is 1.62. The van der Waals surface area contributed by atoms with E-state index < -0.39 is 0 Å². The molecule has 1 amide bonds. The first kappa shape index (κ1) is 16.4. The van der Waals surface area contributed by atoms with Gasteiger partial charge in [-0.25, -0.2) is 4.39 Å². The quantitative estimate of drug-likeness (QED) is 0.805. The van der Waals surface area contributed by atoms with Crippen molar-refractivity contribution < 1.29 is 13.9 Å². The molecule has 0 aromatic heterocycles. The summed E-state index contributed by atoms with van der Waals surface area (Å²) in [7, 11) is 1.77. The zero-order chi connectivity index (χ0) is 15.1. The van der Waals surface area contributed by atoms with Gasteiger partial charge in [-0.3, -0.25) is 4.79 Å². The Bertz CT molecular complexity index is 449. The van der Waals surface area contributed by atoms with Gasteiger partial charge in [0.1, 0.15) is 11.6 Å². The van der Waals surface area contributed by atoms with Crippen LogP contribution in [0.25, 0.3) is 0 Å². The summed E-state index contributed by atoms with van der Waals surface area (Å²) >= 11 is 0. The van der Waals surface area contributed by atoms with Crippen molar-refractivity contribution in [3.05, 3.63) is 29.6 Å². The summed E-state index contributed by atoms with van der Waals surface area (Å²) in [5.41, 5.74) is 0.692. The Morgan fingerprint density at radius 1 is 1.35 bits per heavy atom. The molecule has 0 bridgehead atoms. The number of rotatable bonds is 7. The average Bonchev–Trinajstić information content (AvgIpc) is 2.38. The van der Waals surface area contributed by atoms with Crippen LogP contribution < -0.4 is 15.4 Å². The predicted octanol–water partition coefficient (Wildman–Crippen LogP) is 2.08. The summed E-state index contributed by atoms with van der Waals surface area (Å²) in [5, 5.41) is 5.80. The van der Waals surface area contributed by atoms with Gasteiger partial charge in [-0.15, -0.1) is 0 Å². The number of benzene rings is 1. The lowest BCUT2D eigenvalue weighted by atomic mass is 10.1. The summed E-state index contributed by atoms with van der Waals surface area (Å²) in [6, 6.07) is 4.36.